The van der Waals surface area contributed by atoms with Crippen molar-refractivity contribution in [2.45, 2.75) is 6.92 Å². The van der Waals surface area contributed by atoms with Gasteiger partial charge in [0.15, 0.2) is 6.29 Å². The Hall–Kier alpha value is -1.32. The number of carbonyl (C=O) groups excluding carboxylic acids is 1. The van der Waals surface area contributed by atoms with Crippen LogP contribution in [0.2, 0.25) is 5.02 Å². The Balaban J connectivity index is 2.40. The van der Waals surface area contributed by atoms with Crippen molar-refractivity contribution in [2.24, 2.45) is 0 Å². The highest BCUT2D eigenvalue weighted by atomic mass is 79.9. The SMILES string of the molecule is Cc1cc(Br)ccc1Oc1cccc(Cl)c1C=O. The van der Waals surface area contributed by atoms with Crippen LogP contribution in [-0.4, -0.2) is 6.29 Å². The van der Waals surface area contributed by atoms with E-state index in [1.54, 1.807) is 18.2 Å². The third kappa shape index (κ3) is 2.74. The number of aldehydes is 1. The van der Waals surface area contributed by atoms with Gasteiger partial charge in [0.05, 0.1) is 10.6 Å². The number of rotatable bonds is 3. The van der Waals surface area contributed by atoms with E-state index in [1.165, 1.54) is 0 Å². The molecule has 0 aliphatic heterocycles. The van der Waals surface area contributed by atoms with Crippen LogP contribution in [0.25, 0.3) is 0 Å². The molecule has 2 aromatic carbocycles. The van der Waals surface area contributed by atoms with Crippen LogP contribution in [-0.2, 0) is 0 Å². The van der Waals surface area contributed by atoms with Gasteiger partial charge in [-0.25, -0.2) is 0 Å². The highest BCUT2D eigenvalue weighted by molar-refractivity contribution is 9.10. The van der Waals surface area contributed by atoms with E-state index < -0.39 is 0 Å². The van der Waals surface area contributed by atoms with Crippen LogP contribution in [0.3, 0.4) is 0 Å². The van der Waals surface area contributed by atoms with E-state index in [-0.39, 0.29) is 0 Å². The highest BCUT2D eigenvalue weighted by Gasteiger charge is 2.09. The first kappa shape index (κ1) is 13.1. The molecule has 2 aromatic rings. The van der Waals surface area contributed by atoms with Gasteiger partial charge in [-0.2, -0.15) is 0 Å². The molecule has 0 radical (unpaired) electrons. The summed E-state index contributed by atoms with van der Waals surface area (Å²) in [4.78, 5) is 11.0. The molecule has 0 fully saturated rings. The Bertz CT molecular complexity index is 596. The van der Waals surface area contributed by atoms with Crippen molar-refractivity contribution in [1.82, 2.24) is 0 Å². The zero-order valence-electron chi connectivity index (χ0n) is 9.61. The molecule has 2 nitrogen and oxygen atoms in total. The zero-order valence-corrected chi connectivity index (χ0v) is 12.0. The summed E-state index contributed by atoms with van der Waals surface area (Å²) < 4.78 is 6.71. The number of aryl methyl sites for hydroxylation is 1. The monoisotopic (exact) mass is 324 g/mol. The van der Waals surface area contributed by atoms with Crippen molar-refractivity contribution in [3.63, 3.8) is 0 Å². The van der Waals surface area contributed by atoms with Gasteiger partial charge in [0.2, 0.25) is 0 Å². The smallest absolute Gasteiger partial charge is 0.155 e. The summed E-state index contributed by atoms with van der Waals surface area (Å²) in [6, 6.07) is 10.8. The predicted octanol–water partition coefficient (Wildman–Crippen LogP) is 5.02. The lowest BCUT2D eigenvalue weighted by Gasteiger charge is -2.11. The maximum Gasteiger partial charge on any atom is 0.155 e. The molecule has 0 bridgehead atoms. The predicted molar refractivity (Wildman–Crippen MR) is 75.8 cm³/mol. The summed E-state index contributed by atoms with van der Waals surface area (Å²) in [5.74, 6) is 1.16. The van der Waals surface area contributed by atoms with Crippen molar-refractivity contribution in [3.8, 4) is 11.5 Å². The van der Waals surface area contributed by atoms with Crippen molar-refractivity contribution < 1.29 is 9.53 Å². The molecule has 0 amide bonds. The summed E-state index contributed by atoms with van der Waals surface area (Å²) in [6.45, 7) is 1.94. The van der Waals surface area contributed by atoms with Gasteiger partial charge >= 0.3 is 0 Å². The van der Waals surface area contributed by atoms with Crippen LogP contribution < -0.4 is 4.74 Å². The fourth-order valence-electron chi connectivity index (χ4n) is 1.57. The van der Waals surface area contributed by atoms with Gasteiger partial charge in [-0.1, -0.05) is 33.6 Å². The van der Waals surface area contributed by atoms with Crippen molar-refractivity contribution in [1.29, 1.82) is 0 Å². The molecule has 0 saturated heterocycles. The van der Waals surface area contributed by atoms with Crippen molar-refractivity contribution >= 4 is 33.8 Å². The first-order valence-corrected chi connectivity index (χ1v) is 6.46. The molecule has 92 valence electrons. The van der Waals surface area contributed by atoms with Crippen molar-refractivity contribution in [3.05, 3.63) is 57.0 Å². The van der Waals surface area contributed by atoms with Crippen molar-refractivity contribution in [2.75, 3.05) is 0 Å². The van der Waals surface area contributed by atoms with Crippen LogP contribution in [0.15, 0.2) is 40.9 Å². The molecule has 0 heterocycles. The molecule has 2 rings (SSSR count). The number of carbonyl (C=O) groups is 1. The fourth-order valence-corrected chi connectivity index (χ4v) is 2.25. The van der Waals surface area contributed by atoms with E-state index in [4.69, 9.17) is 16.3 Å². The Morgan fingerprint density at radius 1 is 1.22 bits per heavy atom. The normalized spacial score (nSPS) is 10.2. The van der Waals surface area contributed by atoms with Gasteiger partial charge < -0.3 is 4.74 Å². The van der Waals surface area contributed by atoms with Gasteiger partial charge in [-0.15, -0.1) is 0 Å². The van der Waals surface area contributed by atoms with E-state index >= 15 is 0 Å². The van der Waals surface area contributed by atoms with E-state index in [1.807, 2.05) is 25.1 Å². The van der Waals surface area contributed by atoms with Crippen LogP contribution in [0.5, 0.6) is 11.5 Å². The second kappa shape index (κ2) is 5.55. The second-order valence-electron chi connectivity index (χ2n) is 3.78. The zero-order chi connectivity index (χ0) is 13.1. The molecule has 4 heteroatoms. The van der Waals surface area contributed by atoms with Crippen LogP contribution >= 0.6 is 27.5 Å². The first-order chi connectivity index (χ1) is 8.61. The number of hydrogen-bond donors (Lipinski definition) is 0. The number of ether oxygens (including phenoxy) is 1. The summed E-state index contributed by atoms with van der Waals surface area (Å²) in [5, 5.41) is 0.386. The maximum atomic E-state index is 11.0. The van der Waals surface area contributed by atoms with Crippen LogP contribution in [0, 0.1) is 6.92 Å². The van der Waals surface area contributed by atoms with E-state index in [9.17, 15) is 4.79 Å². The van der Waals surface area contributed by atoms with Gasteiger partial charge in [0.1, 0.15) is 11.5 Å². The number of halogens is 2. The molecule has 0 unspecified atom stereocenters. The van der Waals surface area contributed by atoms with Crippen LogP contribution in [0.1, 0.15) is 15.9 Å². The molecule has 0 aromatic heterocycles. The standard InChI is InChI=1S/C14H10BrClO2/c1-9-7-10(15)5-6-13(9)18-14-4-2-3-12(16)11(14)8-17/h2-8H,1H3. The molecule has 0 spiro atoms. The summed E-state index contributed by atoms with van der Waals surface area (Å²) in [6.07, 6.45) is 0.700. The first-order valence-electron chi connectivity index (χ1n) is 5.29. The van der Waals surface area contributed by atoms with E-state index in [0.717, 1.165) is 10.0 Å². The highest BCUT2D eigenvalue weighted by Crippen LogP contribution is 2.31. The van der Waals surface area contributed by atoms with Crippen LogP contribution in [0.4, 0.5) is 0 Å². The Morgan fingerprint density at radius 2 is 2.00 bits per heavy atom. The molecule has 0 aliphatic carbocycles. The lowest BCUT2D eigenvalue weighted by molar-refractivity contribution is 0.112. The lowest BCUT2D eigenvalue weighted by atomic mass is 10.2. The minimum absolute atomic E-state index is 0.362. The molecule has 0 saturated carbocycles. The Labute approximate surface area is 119 Å². The number of hydrogen-bond acceptors (Lipinski definition) is 2. The maximum absolute atomic E-state index is 11.0. The van der Waals surface area contributed by atoms with Gasteiger partial charge in [-0.3, -0.25) is 4.79 Å². The quantitative estimate of drug-likeness (QED) is 0.741. The van der Waals surface area contributed by atoms with Gasteiger partial charge in [0.25, 0.3) is 0 Å². The summed E-state index contributed by atoms with van der Waals surface area (Å²) in [5.41, 5.74) is 1.34. The largest absolute Gasteiger partial charge is 0.456 e. The fraction of sp³-hybridized carbons (Fsp3) is 0.0714. The van der Waals surface area contributed by atoms with E-state index in [0.29, 0.717) is 28.4 Å². The molecule has 0 N–H and O–H groups in total. The molecule has 18 heavy (non-hydrogen) atoms. The summed E-state index contributed by atoms with van der Waals surface area (Å²) in [7, 11) is 0. The summed E-state index contributed by atoms with van der Waals surface area (Å²) >= 11 is 9.33. The third-order valence-corrected chi connectivity index (χ3v) is 3.31. The van der Waals surface area contributed by atoms with Gasteiger partial charge in [-0.05, 0) is 42.8 Å². The van der Waals surface area contributed by atoms with Gasteiger partial charge in [0, 0.05) is 4.47 Å². The topological polar surface area (TPSA) is 26.3 Å². The molecule has 0 aliphatic rings. The second-order valence-corrected chi connectivity index (χ2v) is 5.10. The average molecular weight is 326 g/mol. The average Bonchev–Trinajstić information content (AvgIpc) is 2.33. The Kier molecular flexibility index (Phi) is 4.04. The molecular weight excluding hydrogens is 316 g/mol. The lowest BCUT2D eigenvalue weighted by Crippen LogP contribution is -1.93. The molecule has 0 atom stereocenters. The third-order valence-electron chi connectivity index (χ3n) is 2.49. The minimum atomic E-state index is 0.362. The van der Waals surface area contributed by atoms with E-state index in [2.05, 4.69) is 15.9 Å². The molecular formula is C14H10BrClO2. The number of benzene rings is 2. The minimum Gasteiger partial charge on any atom is -0.456 e. The Morgan fingerprint density at radius 3 is 2.67 bits per heavy atom.